The second kappa shape index (κ2) is 14.9. The molecule has 0 fully saturated rings. The molecule has 3 aromatic carbocycles. The molecule has 0 saturated heterocycles. The van der Waals surface area contributed by atoms with Crippen LogP contribution in [0.5, 0.6) is 11.5 Å². The van der Waals surface area contributed by atoms with Gasteiger partial charge in [0.1, 0.15) is 18.1 Å². The van der Waals surface area contributed by atoms with Crippen LogP contribution in [0.4, 0.5) is 18.0 Å². The van der Waals surface area contributed by atoms with Gasteiger partial charge in [-0.05, 0) is 55.2 Å². The molecule has 7 nitrogen and oxygen atoms in total. The maximum absolute atomic E-state index is 13.4. The quantitative estimate of drug-likeness (QED) is 0.251. The Labute approximate surface area is 231 Å². The van der Waals surface area contributed by atoms with Crippen molar-refractivity contribution in [1.29, 1.82) is 0 Å². The molecule has 3 aromatic rings. The van der Waals surface area contributed by atoms with E-state index in [0.29, 0.717) is 18.6 Å². The van der Waals surface area contributed by atoms with Gasteiger partial charge in [0, 0.05) is 19.6 Å². The molecule has 0 bridgehead atoms. The number of aryl methyl sites for hydroxylation is 1. The lowest BCUT2D eigenvalue weighted by atomic mass is 10.1. The lowest BCUT2D eigenvalue weighted by Gasteiger charge is -2.23. The van der Waals surface area contributed by atoms with Gasteiger partial charge in [0.15, 0.2) is 6.10 Å². The van der Waals surface area contributed by atoms with E-state index in [9.17, 15) is 27.9 Å². The fraction of sp³-hybridized carbons (Fsp3) is 0.333. The number of hydrogen-bond acceptors (Lipinski definition) is 5. The Morgan fingerprint density at radius 3 is 2.23 bits per heavy atom. The first-order chi connectivity index (χ1) is 19.2. The van der Waals surface area contributed by atoms with Crippen LogP contribution in [-0.2, 0) is 28.5 Å². The molecule has 0 saturated carbocycles. The highest BCUT2D eigenvalue weighted by Crippen LogP contribution is 2.36. The lowest BCUT2D eigenvalue weighted by Crippen LogP contribution is -2.38. The van der Waals surface area contributed by atoms with E-state index in [0.717, 1.165) is 23.3 Å². The van der Waals surface area contributed by atoms with Crippen LogP contribution < -0.4 is 9.47 Å². The molecule has 0 radical (unpaired) electrons. The van der Waals surface area contributed by atoms with E-state index >= 15 is 0 Å². The topological polar surface area (TPSA) is 85.3 Å². The number of para-hydroxylation sites is 1. The molecule has 1 amide bonds. The van der Waals surface area contributed by atoms with Gasteiger partial charge in [-0.1, -0.05) is 54.6 Å². The van der Waals surface area contributed by atoms with E-state index in [1.807, 2.05) is 30.3 Å². The summed E-state index contributed by atoms with van der Waals surface area (Å²) in [6, 6.07) is 21.0. The molecule has 0 aliphatic heterocycles. The van der Waals surface area contributed by atoms with Gasteiger partial charge in [-0.25, -0.2) is 9.59 Å². The summed E-state index contributed by atoms with van der Waals surface area (Å²) < 4.78 is 56.4. The number of rotatable bonds is 14. The average Bonchev–Trinajstić information content (AvgIpc) is 2.93. The minimum atomic E-state index is -4.67. The zero-order valence-electron chi connectivity index (χ0n) is 22.1. The summed E-state index contributed by atoms with van der Waals surface area (Å²) in [5.41, 5.74) is 0.796. The first-order valence-electron chi connectivity index (χ1n) is 12.9. The SMILES string of the molecule is CCOC(Cc1ccc(OCCN(CCCc2ccccc2)C(=O)Oc2ccccc2C(F)(F)F)cc1)C(=O)O. The van der Waals surface area contributed by atoms with Crippen molar-refractivity contribution in [2.45, 2.75) is 38.5 Å². The third-order valence-corrected chi connectivity index (χ3v) is 6.00. The standard InChI is InChI=1S/C30H32F3NO6/c1-2-38-27(28(35)36)21-23-14-16-24(17-15-23)39-20-19-34(18-8-11-22-9-4-3-5-10-22)29(37)40-26-13-7-6-12-25(26)30(31,32)33/h3-7,9-10,12-17,27H,2,8,11,18-21H2,1H3,(H,35,36). The highest BCUT2D eigenvalue weighted by atomic mass is 19.4. The predicted octanol–water partition coefficient (Wildman–Crippen LogP) is 6.25. The summed E-state index contributed by atoms with van der Waals surface area (Å²) in [6.45, 7) is 2.40. The minimum Gasteiger partial charge on any atom is -0.492 e. The largest absolute Gasteiger partial charge is 0.492 e. The summed E-state index contributed by atoms with van der Waals surface area (Å²) in [6.07, 6.45) is -5.08. The van der Waals surface area contributed by atoms with Crippen molar-refractivity contribution >= 4 is 12.1 Å². The number of amides is 1. The molecule has 1 unspecified atom stereocenters. The minimum absolute atomic E-state index is 0.0669. The van der Waals surface area contributed by atoms with E-state index in [4.69, 9.17) is 14.2 Å². The molecule has 1 N–H and O–H groups in total. The van der Waals surface area contributed by atoms with Crippen molar-refractivity contribution < 1.29 is 42.1 Å². The highest BCUT2D eigenvalue weighted by Gasteiger charge is 2.35. The summed E-state index contributed by atoms with van der Waals surface area (Å²) in [4.78, 5) is 25.6. The number of nitrogens with zero attached hydrogens (tertiary/aromatic N) is 1. The Morgan fingerprint density at radius 1 is 0.900 bits per heavy atom. The van der Waals surface area contributed by atoms with Crippen molar-refractivity contribution in [2.24, 2.45) is 0 Å². The molecule has 0 heterocycles. The summed E-state index contributed by atoms with van der Waals surface area (Å²) in [5.74, 6) is -1.11. The van der Waals surface area contributed by atoms with Crippen molar-refractivity contribution in [3.05, 3.63) is 95.6 Å². The number of ether oxygens (including phenoxy) is 3. The zero-order chi connectivity index (χ0) is 29.0. The van der Waals surface area contributed by atoms with Crippen molar-refractivity contribution in [3.8, 4) is 11.5 Å². The van der Waals surface area contributed by atoms with Crippen LogP contribution in [-0.4, -0.2) is 54.5 Å². The Bertz CT molecular complexity index is 1220. The molecular formula is C30H32F3NO6. The molecule has 0 spiro atoms. The van der Waals surface area contributed by atoms with Crippen molar-refractivity contribution in [3.63, 3.8) is 0 Å². The van der Waals surface area contributed by atoms with Crippen LogP contribution in [0.3, 0.4) is 0 Å². The number of carboxylic acid groups (broad SMARTS) is 1. The number of carboxylic acids is 1. The molecule has 0 aliphatic rings. The molecule has 214 valence electrons. The van der Waals surface area contributed by atoms with E-state index in [1.165, 1.54) is 17.0 Å². The molecule has 0 aliphatic carbocycles. The van der Waals surface area contributed by atoms with Crippen LogP contribution in [0.1, 0.15) is 30.0 Å². The summed E-state index contributed by atoms with van der Waals surface area (Å²) in [7, 11) is 0. The molecule has 10 heteroatoms. The van der Waals surface area contributed by atoms with Gasteiger partial charge in [-0.2, -0.15) is 13.2 Å². The second-order valence-electron chi connectivity index (χ2n) is 8.92. The van der Waals surface area contributed by atoms with Gasteiger partial charge < -0.3 is 24.2 Å². The molecule has 40 heavy (non-hydrogen) atoms. The Kier molecular flexibility index (Phi) is 11.4. The fourth-order valence-electron chi connectivity index (χ4n) is 3.99. The van der Waals surface area contributed by atoms with Gasteiger partial charge in [0.25, 0.3) is 0 Å². The molecule has 0 aromatic heterocycles. The van der Waals surface area contributed by atoms with E-state index in [1.54, 1.807) is 31.2 Å². The van der Waals surface area contributed by atoms with Gasteiger partial charge in [-0.15, -0.1) is 0 Å². The summed E-state index contributed by atoms with van der Waals surface area (Å²) in [5, 5.41) is 9.26. The number of aliphatic carboxylic acids is 1. The lowest BCUT2D eigenvalue weighted by molar-refractivity contribution is -0.150. The van der Waals surface area contributed by atoms with Gasteiger partial charge in [-0.3, -0.25) is 0 Å². The number of alkyl halides is 3. The molecule has 3 rings (SSSR count). The molecular weight excluding hydrogens is 527 g/mol. The predicted molar refractivity (Wildman–Crippen MR) is 142 cm³/mol. The maximum atomic E-state index is 13.4. The highest BCUT2D eigenvalue weighted by molar-refractivity contribution is 5.73. The van der Waals surface area contributed by atoms with Gasteiger partial charge >= 0.3 is 18.2 Å². The first-order valence-corrected chi connectivity index (χ1v) is 12.9. The first kappa shape index (κ1) is 30.5. The van der Waals surface area contributed by atoms with Gasteiger partial charge in [0.2, 0.25) is 0 Å². The van der Waals surface area contributed by atoms with Crippen LogP contribution in [0, 0.1) is 0 Å². The van der Waals surface area contributed by atoms with Crippen LogP contribution in [0.2, 0.25) is 0 Å². The normalized spacial score (nSPS) is 12.0. The zero-order valence-corrected chi connectivity index (χ0v) is 22.1. The maximum Gasteiger partial charge on any atom is 0.419 e. The Balaban J connectivity index is 1.62. The number of carbonyl (C=O) groups excluding carboxylic acids is 1. The Hall–Kier alpha value is -4.05. The third-order valence-electron chi connectivity index (χ3n) is 6.00. The van der Waals surface area contributed by atoms with E-state index < -0.39 is 35.7 Å². The summed E-state index contributed by atoms with van der Waals surface area (Å²) >= 11 is 0. The van der Waals surface area contributed by atoms with Crippen molar-refractivity contribution in [2.75, 3.05) is 26.3 Å². The van der Waals surface area contributed by atoms with E-state index in [-0.39, 0.29) is 32.7 Å². The smallest absolute Gasteiger partial charge is 0.419 e. The van der Waals surface area contributed by atoms with Crippen LogP contribution in [0.15, 0.2) is 78.9 Å². The number of halogens is 3. The number of carbonyl (C=O) groups is 2. The monoisotopic (exact) mass is 559 g/mol. The average molecular weight is 560 g/mol. The fourth-order valence-corrected chi connectivity index (χ4v) is 3.99. The van der Waals surface area contributed by atoms with Gasteiger partial charge in [0.05, 0.1) is 12.1 Å². The van der Waals surface area contributed by atoms with Crippen LogP contribution in [0.25, 0.3) is 0 Å². The second-order valence-corrected chi connectivity index (χ2v) is 8.92. The Morgan fingerprint density at radius 2 is 1.57 bits per heavy atom. The van der Waals surface area contributed by atoms with Crippen LogP contribution >= 0.6 is 0 Å². The molecule has 1 atom stereocenters. The third kappa shape index (κ3) is 9.60. The van der Waals surface area contributed by atoms with E-state index in [2.05, 4.69) is 0 Å². The number of hydrogen-bond donors (Lipinski definition) is 1. The van der Waals surface area contributed by atoms with Crippen molar-refractivity contribution in [1.82, 2.24) is 4.90 Å². The number of benzene rings is 3.